The van der Waals surface area contributed by atoms with Gasteiger partial charge in [0.05, 0.1) is 12.2 Å². The molecule has 0 saturated carbocycles. The number of rotatable bonds is 4. The van der Waals surface area contributed by atoms with Gasteiger partial charge in [-0.05, 0) is 51.9 Å². The van der Waals surface area contributed by atoms with Crippen LogP contribution in [0.4, 0.5) is 5.13 Å². The second kappa shape index (κ2) is 6.62. The standard InChI is InChI=1S/C16H21N3O2S/c1-11-12(2)22-16(17-11)18-15(20)14-7-6-13(21-14)10-19-8-4-3-5-9-19/h6-7H,3-5,8-10H2,1-2H3,(H,17,18,20). The third-order valence-electron chi connectivity index (χ3n) is 3.96. The highest BCUT2D eigenvalue weighted by Gasteiger charge is 2.16. The Labute approximate surface area is 134 Å². The number of likely N-dealkylation sites (tertiary alicyclic amines) is 1. The number of thiazole rings is 1. The Kier molecular flexibility index (Phi) is 4.59. The van der Waals surface area contributed by atoms with Crippen molar-refractivity contribution in [1.82, 2.24) is 9.88 Å². The van der Waals surface area contributed by atoms with Gasteiger partial charge < -0.3 is 4.42 Å². The van der Waals surface area contributed by atoms with Crippen LogP contribution in [0, 0.1) is 13.8 Å². The molecule has 1 saturated heterocycles. The molecule has 0 radical (unpaired) electrons. The van der Waals surface area contributed by atoms with Crippen LogP contribution < -0.4 is 5.32 Å². The molecule has 6 heteroatoms. The Morgan fingerprint density at radius 3 is 2.77 bits per heavy atom. The topological polar surface area (TPSA) is 58.4 Å². The van der Waals surface area contributed by atoms with E-state index in [4.69, 9.17) is 4.42 Å². The van der Waals surface area contributed by atoms with E-state index in [0.29, 0.717) is 10.9 Å². The zero-order chi connectivity index (χ0) is 15.5. The van der Waals surface area contributed by atoms with Gasteiger partial charge in [0.25, 0.3) is 5.91 Å². The molecule has 0 atom stereocenters. The minimum absolute atomic E-state index is 0.237. The fourth-order valence-electron chi connectivity index (χ4n) is 2.61. The van der Waals surface area contributed by atoms with Crippen molar-refractivity contribution in [3.8, 4) is 0 Å². The molecule has 0 aliphatic carbocycles. The third-order valence-corrected chi connectivity index (χ3v) is 4.95. The number of hydrogen-bond acceptors (Lipinski definition) is 5. The maximum absolute atomic E-state index is 12.2. The lowest BCUT2D eigenvalue weighted by molar-refractivity contribution is 0.0992. The summed E-state index contributed by atoms with van der Waals surface area (Å²) >= 11 is 1.48. The van der Waals surface area contributed by atoms with E-state index in [1.54, 1.807) is 6.07 Å². The molecule has 0 unspecified atom stereocenters. The molecular weight excluding hydrogens is 298 g/mol. The van der Waals surface area contributed by atoms with Crippen LogP contribution in [-0.2, 0) is 6.54 Å². The number of nitrogens with one attached hydrogen (secondary N) is 1. The molecule has 0 bridgehead atoms. The highest BCUT2D eigenvalue weighted by atomic mass is 32.1. The summed E-state index contributed by atoms with van der Waals surface area (Å²) in [5.74, 6) is 0.953. The molecule has 1 fully saturated rings. The number of carbonyl (C=O) groups is 1. The van der Waals surface area contributed by atoms with Crippen LogP contribution >= 0.6 is 11.3 Å². The zero-order valence-electron chi connectivity index (χ0n) is 13.0. The number of hydrogen-bond donors (Lipinski definition) is 1. The third kappa shape index (κ3) is 3.56. The van der Waals surface area contributed by atoms with Gasteiger partial charge in [0, 0.05) is 4.88 Å². The monoisotopic (exact) mass is 319 g/mol. The maximum Gasteiger partial charge on any atom is 0.293 e. The Balaban J connectivity index is 1.61. The van der Waals surface area contributed by atoms with Crippen LogP contribution in [0.2, 0.25) is 0 Å². The van der Waals surface area contributed by atoms with E-state index >= 15 is 0 Å². The minimum Gasteiger partial charge on any atom is -0.455 e. The summed E-state index contributed by atoms with van der Waals surface area (Å²) in [6, 6.07) is 3.63. The van der Waals surface area contributed by atoms with Gasteiger partial charge in [-0.15, -0.1) is 11.3 Å². The number of piperidine rings is 1. The number of aromatic nitrogens is 1. The SMILES string of the molecule is Cc1nc(NC(=O)c2ccc(CN3CCCCC3)o2)sc1C. The Morgan fingerprint density at radius 1 is 1.32 bits per heavy atom. The molecule has 22 heavy (non-hydrogen) atoms. The number of nitrogens with zero attached hydrogens (tertiary/aromatic N) is 2. The molecule has 0 aromatic carbocycles. The summed E-state index contributed by atoms with van der Waals surface area (Å²) in [6.07, 6.45) is 3.81. The molecule has 3 rings (SSSR count). The van der Waals surface area contributed by atoms with E-state index in [0.717, 1.165) is 36.0 Å². The molecule has 1 amide bonds. The van der Waals surface area contributed by atoms with Gasteiger partial charge in [-0.25, -0.2) is 4.98 Å². The van der Waals surface area contributed by atoms with E-state index in [-0.39, 0.29) is 5.91 Å². The molecule has 1 aliphatic rings. The van der Waals surface area contributed by atoms with Gasteiger partial charge in [-0.3, -0.25) is 15.0 Å². The average Bonchev–Trinajstić information content (AvgIpc) is 3.08. The summed E-state index contributed by atoms with van der Waals surface area (Å²) in [7, 11) is 0. The second-order valence-corrected chi connectivity index (χ2v) is 6.92. The van der Waals surface area contributed by atoms with Gasteiger partial charge in [-0.1, -0.05) is 6.42 Å². The van der Waals surface area contributed by atoms with Crippen LogP contribution in [0.15, 0.2) is 16.5 Å². The van der Waals surface area contributed by atoms with Crippen LogP contribution in [0.25, 0.3) is 0 Å². The second-order valence-electron chi connectivity index (χ2n) is 5.72. The van der Waals surface area contributed by atoms with Crippen molar-refractivity contribution in [2.75, 3.05) is 18.4 Å². The van der Waals surface area contributed by atoms with Gasteiger partial charge in [-0.2, -0.15) is 0 Å². The lowest BCUT2D eigenvalue weighted by Gasteiger charge is -2.25. The van der Waals surface area contributed by atoms with E-state index in [1.807, 2.05) is 19.9 Å². The van der Waals surface area contributed by atoms with Crippen molar-refractivity contribution in [3.05, 3.63) is 34.2 Å². The van der Waals surface area contributed by atoms with Crippen molar-refractivity contribution in [2.24, 2.45) is 0 Å². The maximum atomic E-state index is 12.2. The molecule has 2 aromatic heterocycles. The zero-order valence-corrected chi connectivity index (χ0v) is 13.8. The Morgan fingerprint density at radius 2 is 2.09 bits per heavy atom. The number of anilines is 1. The first-order valence-corrected chi connectivity index (χ1v) is 8.50. The van der Waals surface area contributed by atoms with Crippen LogP contribution in [0.3, 0.4) is 0 Å². The van der Waals surface area contributed by atoms with E-state index in [1.165, 1.54) is 30.6 Å². The Bertz CT molecular complexity index is 637. The lowest BCUT2D eigenvalue weighted by Crippen LogP contribution is -2.28. The number of furan rings is 1. The number of aryl methyl sites for hydroxylation is 2. The smallest absolute Gasteiger partial charge is 0.293 e. The average molecular weight is 319 g/mol. The molecule has 2 aromatic rings. The van der Waals surface area contributed by atoms with Gasteiger partial charge in [0.15, 0.2) is 10.9 Å². The Hall–Kier alpha value is -1.66. The fourth-order valence-corrected chi connectivity index (χ4v) is 3.42. The molecule has 118 valence electrons. The van der Waals surface area contributed by atoms with Crippen molar-refractivity contribution < 1.29 is 9.21 Å². The van der Waals surface area contributed by atoms with Crippen molar-refractivity contribution in [1.29, 1.82) is 0 Å². The van der Waals surface area contributed by atoms with Crippen molar-refractivity contribution >= 4 is 22.4 Å². The van der Waals surface area contributed by atoms with Crippen LogP contribution in [0.1, 0.15) is 46.1 Å². The predicted octanol–water partition coefficient (Wildman–Crippen LogP) is 3.59. The number of carbonyl (C=O) groups excluding carboxylic acids is 1. The van der Waals surface area contributed by atoms with E-state index < -0.39 is 0 Å². The fraction of sp³-hybridized carbons (Fsp3) is 0.500. The van der Waals surface area contributed by atoms with Crippen LogP contribution in [-0.4, -0.2) is 28.9 Å². The molecule has 1 aliphatic heterocycles. The van der Waals surface area contributed by atoms with E-state index in [9.17, 15) is 4.79 Å². The molecule has 3 heterocycles. The van der Waals surface area contributed by atoms with Crippen molar-refractivity contribution in [2.45, 2.75) is 39.7 Å². The van der Waals surface area contributed by atoms with Gasteiger partial charge in [0.2, 0.25) is 0 Å². The molecule has 5 nitrogen and oxygen atoms in total. The first-order valence-electron chi connectivity index (χ1n) is 7.68. The van der Waals surface area contributed by atoms with E-state index in [2.05, 4.69) is 15.2 Å². The van der Waals surface area contributed by atoms with Gasteiger partial charge >= 0.3 is 0 Å². The molecule has 1 N–H and O–H groups in total. The molecule has 0 spiro atoms. The van der Waals surface area contributed by atoms with Crippen molar-refractivity contribution in [3.63, 3.8) is 0 Å². The minimum atomic E-state index is -0.237. The summed E-state index contributed by atoms with van der Waals surface area (Å²) in [5, 5.41) is 3.42. The highest BCUT2D eigenvalue weighted by molar-refractivity contribution is 7.15. The highest BCUT2D eigenvalue weighted by Crippen LogP contribution is 2.22. The normalized spacial score (nSPS) is 15.9. The largest absolute Gasteiger partial charge is 0.455 e. The van der Waals surface area contributed by atoms with Crippen LogP contribution in [0.5, 0.6) is 0 Å². The summed E-state index contributed by atoms with van der Waals surface area (Å²) < 4.78 is 5.68. The molecular formula is C16H21N3O2S. The van der Waals surface area contributed by atoms with Gasteiger partial charge in [0.1, 0.15) is 5.76 Å². The summed E-state index contributed by atoms with van der Waals surface area (Å²) in [5.41, 5.74) is 0.950. The first kappa shape index (κ1) is 15.2. The predicted molar refractivity (Wildman–Crippen MR) is 87.4 cm³/mol. The number of amides is 1. The summed E-state index contributed by atoms with van der Waals surface area (Å²) in [6.45, 7) is 6.93. The quantitative estimate of drug-likeness (QED) is 0.935. The summed E-state index contributed by atoms with van der Waals surface area (Å²) in [4.78, 5) is 20.0. The lowest BCUT2D eigenvalue weighted by atomic mass is 10.1. The first-order chi connectivity index (χ1) is 10.6.